The Morgan fingerprint density at radius 3 is 3.09 bits per heavy atom. The van der Waals surface area contributed by atoms with Gasteiger partial charge in [0.25, 0.3) is 0 Å². The first kappa shape index (κ1) is 15.5. The van der Waals surface area contributed by atoms with Crippen molar-refractivity contribution < 1.29 is 4.79 Å². The van der Waals surface area contributed by atoms with Gasteiger partial charge >= 0.3 is 6.03 Å². The fourth-order valence-corrected chi connectivity index (χ4v) is 3.15. The SMILES string of the molecule is CCc1cnccc1C(C)NC(=O)N1CCC(n2cccn2)C1. The van der Waals surface area contributed by atoms with Crippen LogP contribution in [0.15, 0.2) is 36.9 Å². The highest BCUT2D eigenvalue weighted by Gasteiger charge is 2.28. The second kappa shape index (κ2) is 6.81. The van der Waals surface area contributed by atoms with Gasteiger partial charge in [-0.05, 0) is 43.0 Å². The van der Waals surface area contributed by atoms with Crippen LogP contribution in [0.2, 0.25) is 0 Å². The number of nitrogens with zero attached hydrogens (tertiary/aromatic N) is 4. The highest BCUT2D eigenvalue weighted by atomic mass is 16.2. The number of rotatable bonds is 4. The Morgan fingerprint density at radius 1 is 1.48 bits per heavy atom. The Balaban J connectivity index is 1.61. The van der Waals surface area contributed by atoms with Gasteiger partial charge in [-0.1, -0.05) is 6.92 Å². The van der Waals surface area contributed by atoms with E-state index in [-0.39, 0.29) is 18.1 Å². The van der Waals surface area contributed by atoms with E-state index in [1.54, 1.807) is 12.4 Å². The monoisotopic (exact) mass is 313 g/mol. The van der Waals surface area contributed by atoms with E-state index in [1.807, 2.05) is 41.0 Å². The van der Waals surface area contributed by atoms with Gasteiger partial charge in [-0.15, -0.1) is 0 Å². The number of pyridine rings is 1. The molecule has 0 saturated carbocycles. The zero-order valence-electron chi connectivity index (χ0n) is 13.6. The normalized spacial score (nSPS) is 18.9. The molecule has 2 aromatic heterocycles. The average molecular weight is 313 g/mol. The van der Waals surface area contributed by atoms with Crippen molar-refractivity contribution in [1.82, 2.24) is 25.0 Å². The number of urea groups is 1. The van der Waals surface area contributed by atoms with E-state index in [0.717, 1.165) is 24.9 Å². The van der Waals surface area contributed by atoms with Crippen molar-refractivity contribution in [2.75, 3.05) is 13.1 Å². The van der Waals surface area contributed by atoms with Crippen molar-refractivity contribution in [3.8, 4) is 0 Å². The summed E-state index contributed by atoms with van der Waals surface area (Å²) in [7, 11) is 0. The number of amides is 2. The molecule has 0 radical (unpaired) electrons. The number of likely N-dealkylation sites (tertiary alicyclic amines) is 1. The number of aromatic nitrogens is 3. The third-order valence-corrected chi connectivity index (χ3v) is 4.48. The van der Waals surface area contributed by atoms with E-state index in [0.29, 0.717) is 6.54 Å². The van der Waals surface area contributed by atoms with Crippen LogP contribution in [0.3, 0.4) is 0 Å². The molecule has 6 heteroatoms. The first-order valence-corrected chi connectivity index (χ1v) is 8.16. The molecule has 2 amide bonds. The van der Waals surface area contributed by atoms with Gasteiger partial charge in [0.05, 0.1) is 12.1 Å². The molecule has 23 heavy (non-hydrogen) atoms. The average Bonchev–Trinajstić information content (AvgIpc) is 3.25. The highest BCUT2D eigenvalue weighted by molar-refractivity contribution is 5.75. The summed E-state index contributed by atoms with van der Waals surface area (Å²) in [4.78, 5) is 18.5. The highest BCUT2D eigenvalue weighted by Crippen LogP contribution is 2.22. The fraction of sp³-hybridized carbons (Fsp3) is 0.471. The van der Waals surface area contributed by atoms with Crippen LogP contribution in [-0.2, 0) is 6.42 Å². The third-order valence-electron chi connectivity index (χ3n) is 4.48. The number of carbonyl (C=O) groups is 1. The van der Waals surface area contributed by atoms with Crippen LogP contribution in [0.5, 0.6) is 0 Å². The van der Waals surface area contributed by atoms with Crippen molar-refractivity contribution in [3.05, 3.63) is 48.0 Å². The zero-order chi connectivity index (χ0) is 16.2. The largest absolute Gasteiger partial charge is 0.331 e. The number of hydrogen-bond acceptors (Lipinski definition) is 3. The van der Waals surface area contributed by atoms with Gasteiger partial charge in [-0.25, -0.2) is 4.79 Å². The molecule has 3 rings (SSSR count). The van der Waals surface area contributed by atoms with Gasteiger partial charge in [-0.3, -0.25) is 9.67 Å². The summed E-state index contributed by atoms with van der Waals surface area (Å²) in [5.74, 6) is 0. The molecular formula is C17H23N5O. The Morgan fingerprint density at radius 2 is 2.35 bits per heavy atom. The van der Waals surface area contributed by atoms with Crippen molar-refractivity contribution in [2.24, 2.45) is 0 Å². The molecular weight excluding hydrogens is 290 g/mol. The lowest BCUT2D eigenvalue weighted by Gasteiger charge is -2.22. The van der Waals surface area contributed by atoms with E-state index in [9.17, 15) is 4.79 Å². The molecule has 1 saturated heterocycles. The van der Waals surface area contributed by atoms with E-state index < -0.39 is 0 Å². The molecule has 122 valence electrons. The third kappa shape index (κ3) is 3.36. The van der Waals surface area contributed by atoms with Crippen LogP contribution >= 0.6 is 0 Å². The maximum atomic E-state index is 12.5. The van der Waals surface area contributed by atoms with Crippen LogP contribution in [0.1, 0.15) is 43.5 Å². The second-order valence-electron chi connectivity index (χ2n) is 5.97. The molecule has 3 heterocycles. The molecule has 6 nitrogen and oxygen atoms in total. The van der Waals surface area contributed by atoms with Crippen LogP contribution < -0.4 is 5.32 Å². The molecule has 0 spiro atoms. The quantitative estimate of drug-likeness (QED) is 0.943. The Hall–Kier alpha value is -2.37. The van der Waals surface area contributed by atoms with Crippen molar-refractivity contribution in [3.63, 3.8) is 0 Å². The fourth-order valence-electron chi connectivity index (χ4n) is 3.15. The summed E-state index contributed by atoms with van der Waals surface area (Å²) >= 11 is 0. The molecule has 0 bridgehead atoms. The van der Waals surface area contributed by atoms with Crippen LogP contribution in [0.25, 0.3) is 0 Å². The van der Waals surface area contributed by atoms with Crippen molar-refractivity contribution in [1.29, 1.82) is 0 Å². The summed E-state index contributed by atoms with van der Waals surface area (Å²) in [6, 6.07) is 4.15. The van der Waals surface area contributed by atoms with Crippen LogP contribution in [0.4, 0.5) is 4.79 Å². The standard InChI is InChI=1S/C17H23N5O/c1-3-14-11-18-8-5-16(14)13(2)20-17(23)21-10-6-15(12-21)22-9-4-7-19-22/h4-5,7-9,11,13,15H,3,6,10,12H2,1-2H3,(H,20,23). The lowest BCUT2D eigenvalue weighted by Crippen LogP contribution is -2.40. The van der Waals surface area contributed by atoms with Crippen LogP contribution in [0, 0.1) is 0 Å². The lowest BCUT2D eigenvalue weighted by atomic mass is 10.0. The minimum absolute atomic E-state index is 0.00831. The summed E-state index contributed by atoms with van der Waals surface area (Å²) in [5, 5.41) is 7.38. The number of hydrogen-bond donors (Lipinski definition) is 1. The molecule has 1 N–H and O–H groups in total. The first-order valence-electron chi connectivity index (χ1n) is 8.16. The summed E-state index contributed by atoms with van der Waals surface area (Å²) < 4.78 is 1.94. The maximum absolute atomic E-state index is 12.5. The first-order chi connectivity index (χ1) is 11.2. The maximum Gasteiger partial charge on any atom is 0.317 e. The van der Waals surface area contributed by atoms with Gasteiger partial charge < -0.3 is 10.2 Å². The lowest BCUT2D eigenvalue weighted by molar-refractivity contribution is 0.203. The van der Waals surface area contributed by atoms with E-state index in [2.05, 4.69) is 22.3 Å². The molecule has 1 fully saturated rings. The van der Waals surface area contributed by atoms with Crippen molar-refractivity contribution >= 4 is 6.03 Å². The topological polar surface area (TPSA) is 63.1 Å². The smallest absolute Gasteiger partial charge is 0.317 e. The van der Waals surface area contributed by atoms with E-state index in [1.165, 1.54) is 5.56 Å². The Kier molecular flexibility index (Phi) is 4.60. The predicted octanol–water partition coefficient (Wildman–Crippen LogP) is 2.56. The van der Waals surface area contributed by atoms with Gasteiger partial charge in [0.1, 0.15) is 0 Å². The summed E-state index contributed by atoms with van der Waals surface area (Å²) in [5.41, 5.74) is 2.31. The Bertz CT molecular complexity index is 655. The number of carbonyl (C=O) groups excluding carboxylic acids is 1. The van der Waals surface area contributed by atoms with Gasteiger partial charge in [0.2, 0.25) is 0 Å². The number of aryl methyl sites for hydroxylation is 1. The molecule has 1 aliphatic rings. The van der Waals surface area contributed by atoms with Gasteiger partial charge in [0.15, 0.2) is 0 Å². The molecule has 2 unspecified atom stereocenters. The molecule has 2 aromatic rings. The number of nitrogens with one attached hydrogen (secondary N) is 1. The van der Waals surface area contributed by atoms with Crippen LogP contribution in [-0.4, -0.2) is 38.8 Å². The zero-order valence-corrected chi connectivity index (χ0v) is 13.6. The second-order valence-corrected chi connectivity index (χ2v) is 5.97. The predicted molar refractivity (Wildman–Crippen MR) is 88.0 cm³/mol. The summed E-state index contributed by atoms with van der Waals surface area (Å²) in [6.07, 6.45) is 9.25. The molecule has 1 aliphatic heterocycles. The molecule has 0 aliphatic carbocycles. The van der Waals surface area contributed by atoms with Crippen molar-refractivity contribution in [2.45, 2.75) is 38.8 Å². The Labute approximate surface area is 136 Å². The van der Waals surface area contributed by atoms with Gasteiger partial charge in [0, 0.05) is 37.9 Å². The molecule has 2 atom stereocenters. The van der Waals surface area contributed by atoms with E-state index in [4.69, 9.17) is 0 Å². The van der Waals surface area contributed by atoms with E-state index >= 15 is 0 Å². The minimum Gasteiger partial charge on any atom is -0.331 e. The summed E-state index contributed by atoms with van der Waals surface area (Å²) in [6.45, 7) is 5.59. The molecule has 0 aromatic carbocycles. The minimum atomic E-state index is -0.0239. The van der Waals surface area contributed by atoms with Gasteiger partial charge in [-0.2, -0.15) is 5.10 Å².